The first-order chi connectivity index (χ1) is 8.10. The van der Waals surface area contributed by atoms with Crippen molar-refractivity contribution in [1.82, 2.24) is 0 Å². The maximum absolute atomic E-state index is 10.5. The Labute approximate surface area is 101 Å². The van der Waals surface area contributed by atoms with Crippen LogP contribution in [-0.4, -0.2) is 78.7 Å². The highest BCUT2D eigenvalue weighted by Gasteiger charge is 2.52. The van der Waals surface area contributed by atoms with Crippen molar-refractivity contribution >= 4 is 7.82 Å². The fourth-order valence-corrected chi connectivity index (χ4v) is 1.85. The van der Waals surface area contributed by atoms with Gasteiger partial charge in [0.05, 0.1) is 13.2 Å². The van der Waals surface area contributed by atoms with E-state index in [1.54, 1.807) is 0 Å². The number of hydrogen-bond acceptors (Lipinski definition) is 8. The number of phosphoric acid groups is 1. The van der Waals surface area contributed by atoms with Gasteiger partial charge in [-0.3, -0.25) is 4.52 Å². The molecule has 0 aromatic rings. The van der Waals surface area contributed by atoms with Gasteiger partial charge in [0.25, 0.3) is 0 Å². The smallest absolute Gasteiger partial charge is 0.391 e. The van der Waals surface area contributed by atoms with E-state index in [2.05, 4.69) is 4.52 Å². The van der Waals surface area contributed by atoms with Gasteiger partial charge in [0.2, 0.25) is 5.79 Å². The van der Waals surface area contributed by atoms with Gasteiger partial charge in [-0.05, 0) is 0 Å². The molecule has 7 N–H and O–H groups in total. The zero-order valence-electron chi connectivity index (χ0n) is 9.03. The normalized spacial score (nSPS) is 41.9. The molecule has 1 fully saturated rings. The third kappa shape index (κ3) is 3.45. The summed E-state index contributed by atoms with van der Waals surface area (Å²) in [6.07, 6.45) is -7.14. The Hall–Kier alpha value is -0.130. The Kier molecular flexibility index (Phi) is 4.84. The summed E-state index contributed by atoms with van der Waals surface area (Å²) in [6.45, 7) is -1.94. The van der Waals surface area contributed by atoms with E-state index in [0.29, 0.717) is 0 Å². The molecule has 0 bridgehead atoms. The zero-order chi connectivity index (χ0) is 14.1. The minimum Gasteiger partial charge on any atom is -0.391 e. The zero-order valence-corrected chi connectivity index (χ0v) is 9.92. The van der Waals surface area contributed by atoms with Gasteiger partial charge in [0.15, 0.2) is 0 Å². The number of phosphoric ester groups is 1. The fraction of sp³-hybridized carbons (Fsp3) is 1.00. The standard InChI is InChI=1S/C7H15O10P/c8-2-7(12)6(11)5(10)4(9)3(17-7)1-16-18(13,14)15/h3-6,8-12H,1-2H2,(H2,13,14,15)/t3-,4-,5-,6+,7?/m1/s1. The van der Waals surface area contributed by atoms with E-state index in [0.717, 1.165) is 0 Å². The second kappa shape index (κ2) is 5.47. The molecule has 0 aliphatic carbocycles. The molecule has 0 radical (unpaired) electrons. The molecule has 1 heterocycles. The first-order valence-corrected chi connectivity index (χ1v) is 6.39. The molecule has 108 valence electrons. The summed E-state index contributed by atoms with van der Waals surface area (Å²) in [7, 11) is -4.82. The molecule has 0 spiro atoms. The van der Waals surface area contributed by atoms with Crippen LogP contribution in [-0.2, 0) is 13.8 Å². The van der Waals surface area contributed by atoms with Gasteiger partial charge in [0.1, 0.15) is 24.4 Å². The molecule has 0 amide bonds. The third-order valence-corrected chi connectivity index (χ3v) is 2.99. The van der Waals surface area contributed by atoms with Crippen molar-refractivity contribution in [2.45, 2.75) is 30.2 Å². The quantitative estimate of drug-likeness (QED) is 0.254. The van der Waals surface area contributed by atoms with Gasteiger partial charge in [0, 0.05) is 0 Å². The van der Waals surface area contributed by atoms with E-state index < -0.39 is 51.2 Å². The van der Waals surface area contributed by atoms with Gasteiger partial charge in [-0.1, -0.05) is 0 Å². The Balaban J connectivity index is 2.77. The van der Waals surface area contributed by atoms with Crippen molar-refractivity contribution in [3.8, 4) is 0 Å². The predicted molar refractivity (Wildman–Crippen MR) is 52.9 cm³/mol. The summed E-state index contributed by atoms with van der Waals surface area (Å²) in [5.74, 6) is -2.55. The SMILES string of the molecule is O=P(O)(O)OC[C@H]1OC(O)(CO)[C@@H](O)[C@H](O)[C@@H]1O. The molecule has 1 aliphatic heterocycles. The summed E-state index contributed by atoms with van der Waals surface area (Å²) in [6, 6.07) is 0. The molecule has 0 saturated carbocycles. The summed E-state index contributed by atoms with van der Waals surface area (Å²) in [4.78, 5) is 16.9. The van der Waals surface area contributed by atoms with Crippen LogP contribution in [0.2, 0.25) is 0 Å². The second-order valence-corrected chi connectivity index (χ2v) is 5.11. The minimum absolute atomic E-state index is 0.850. The van der Waals surface area contributed by atoms with Crippen molar-refractivity contribution in [3.63, 3.8) is 0 Å². The van der Waals surface area contributed by atoms with Gasteiger partial charge in [-0.15, -0.1) is 0 Å². The van der Waals surface area contributed by atoms with E-state index in [9.17, 15) is 25.0 Å². The molecule has 1 unspecified atom stereocenters. The maximum atomic E-state index is 10.5. The highest BCUT2D eigenvalue weighted by Crippen LogP contribution is 2.37. The molecule has 1 saturated heterocycles. The Morgan fingerprint density at radius 1 is 1.22 bits per heavy atom. The average molecular weight is 290 g/mol. The number of ether oxygens (including phenoxy) is 1. The van der Waals surface area contributed by atoms with E-state index in [4.69, 9.17) is 19.6 Å². The number of rotatable bonds is 4. The summed E-state index contributed by atoms with van der Waals surface area (Å²) in [5, 5.41) is 46.7. The molecular weight excluding hydrogens is 275 g/mol. The predicted octanol–water partition coefficient (Wildman–Crippen LogP) is -3.74. The van der Waals surface area contributed by atoms with Crippen molar-refractivity contribution in [2.75, 3.05) is 13.2 Å². The van der Waals surface area contributed by atoms with Crippen LogP contribution in [0.3, 0.4) is 0 Å². The maximum Gasteiger partial charge on any atom is 0.469 e. The number of aliphatic hydroxyl groups excluding tert-OH is 4. The number of aliphatic hydroxyl groups is 5. The third-order valence-electron chi connectivity index (χ3n) is 2.51. The topological polar surface area (TPSA) is 177 Å². The highest BCUT2D eigenvalue weighted by molar-refractivity contribution is 7.46. The van der Waals surface area contributed by atoms with E-state index in [-0.39, 0.29) is 0 Å². The van der Waals surface area contributed by atoms with E-state index in [1.165, 1.54) is 0 Å². The highest BCUT2D eigenvalue weighted by atomic mass is 31.2. The first-order valence-electron chi connectivity index (χ1n) is 4.86. The Morgan fingerprint density at radius 3 is 2.22 bits per heavy atom. The lowest BCUT2D eigenvalue weighted by atomic mass is 9.93. The molecule has 1 aliphatic rings. The van der Waals surface area contributed by atoms with Crippen molar-refractivity contribution < 1.29 is 49.1 Å². The molecule has 0 aromatic carbocycles. The molecule has 0 aromatic heterocycles. The van der Waals surface area contributed by atoms with Gasteiger partial charge < -0.3 is 40.1 Å². The number of hydrogen-bond donors (Lipinski definition) is 7. The summed E-state index contributed by atoms with van der Waals surface area (Å²) in [5.41, 5.74) is 0. The lowest BCUT2D eigenvalue weighted by Gasteiger charge is -2.44. The summed E-state index contributed by atoms with van der Waals surface area (Å²) >= 11 is 0. The van der Waals surface area contributed by atoms with Crippen LogP contribution in [0.4, 0.5) is 0 Å². The molecule has 18 heavy (non-hydrogen) atoms. The van der Waals surface area contributed by atoms with E-state index >= 15 is 0 Å². The second-order valence-electron chi connectivity index (χ2n) is 3.87. The molecule has 5 atom stereocenters. The Morgan fingerprint density at radius 2 is 1.78 bits per heavy atom. The van der Waals surface area contributed by atoms with Crippen LogP contribution in [0.25, 0.3) is 0 Å². The average Bonchev–Trinajstić information content (AvgIpc) is 2.28. The monoisotopic (exact) mass is 290 g/mol. The van der Waals surface area contributed by atoms with Crippen LogP contribution in [0, 0.1) is 0 Å². The molecular formula is C7H15O10P. The van der Waals surface area contributed by atoms with Crippen molar-refractivity contribution in [3.05, 3.63) is 0 Å². The first kappa shape index (κ1) is 15.9. The minimum atomic E-state index is -4.82. The van der Waals surface area contributed by atoms with Crippen LogP contribution in [0.1, 0.15) is 0 Å². The van der Waals surface area contributed by atoms with Crippen molar-refractivity contribution in [2.24, 2.45) is 0 Å². The lowest BCUT2D eigenvalue weighted by Crippen LogP contribution is -2.66. The fourth-order valence-electron chi connectivity index (χ4n) is 1.51. The van der Waals surface area contributed by atoms with Crippen LogP contribution >= 0.6 is 7.82 Å². The van der Waals surface area contributed by atoms with Crippen LogP contribution in [0.5, 0.6) is 0 Å². The molecule has 11 heteroatoms. The molecule has 1 rings (SSSR count). The van der Waals surface area contributed by atoms with Gasteiger partial charge >= 0.3 is 7.82 Å². The van der Waals surface area contributed by atoms with Gasteiger partial charge in [-0.2, -0.15) is 0 Å². The lowest BCUT2D eigenvalue weighted by molar-refractivity contribution is -0.357. The summed E-state index contributed by atoms with van der Waals surface area (Å²) < 4.78 is 19.2. The largest absolute Gasteiger partial charge is 0.469 e. The van der Waals surface area contributed by atoms with Crippen LogP contribution < -0.4 is 0 Å². The van der Waals surface area contributed by atoms with Gasteiger partial charge in [-0.25, -0.2) is 4.57 Å². The van der Waals surface area contributed by atoms with Crippen LogP contribution in [0.15, 0.2) is 0 Å². The molecule has 10 nitrogen and oxygen atoms in total. The Bertz CT molecular complexity index is 330. The van der Waals surface area contributed by atoms with Crippen molar-refractivity contribution in [1.29, 1.82) is 0 Å². The van der Waals surface area contributed by atoms with E-state index in [1.807, 2.05) is 0 Å².